The van der Waals surface area contributed by atoms with Gasteiger partial charge in [-0.1, -0.05) is 0 Å². The molecule has 0 fully saturated rings. The van der Waals surface area contributed by atoms with E-state index in [1.54, 1.807) is 44.3 Å². The molecule has 0 amide bonds. The minimum absolute atomic E-state index is 0.120. The lowest BCUT2D eigenvalue weighted by atomic mass is 10.0. The third-order valence-corrected chi connectivity index (χ3v) is 3.95. The monoisotopic (exact) mass is 404 g/mol. The van der Waals surface area contributed by atoms with Crippen LogP contribution in [0.3, 0.4) is 0 Å². The van der Waals surface area contributed by atoms with Crippen LogP contribution in [0.15, 0.2) is 48.8 Å². The number of ether oxygens (including phenoxy) is 1. The van der Waals surface area contributed by atoms with Crippen LogP contribution in [0.2, 0.25) is 0 Å². The third kappa shape index (κ3) is 5.20. The zero-order valence-corrected chi connectivity index (χ0v) is 15.9. The molecule has 152 valence electrons. The van der Waals surface area contributed by atoms with Crippen molar-refractivity contribution < 1.29 is 23.0 Å². The van der Waals surface area contributed by atoms with E-state index in [4.69, 9.17) is 4.74 Å². The van der Waals surface area contributed by atoms with Gasteiger partial charge in [0.2, 0.25) is 0 Å². The van der Waals surface area contributed by atoms with E-state index in [2.05, 4.69) is 20.3 Å². The van der Waals surface area contributed by atoms with E-state index in [0.29, 0.717) is 22.9 Å². The molecule has 0 bridgehead atoms. The predicted molar refractivity (Wildman–Crippen MR) is 101 cm³/mol. The summed E-state index contributed by atoms with van der Waals surface area (Å²) in [6.07, 6.45) is -1.45. The number of nitrogens with zero attached hydrogens (tertiary/aromatic N) is 3. The normalized spacial score (nSPS) is 12.0. The topological polar surface area (TPSA) is 80.2 Å². The molecule has 2 N–H and O–H groups in total. The highest BCUT2D eigenvalue weighted by atomic mass is 19.4. The molecular formula is C20H19F3N4O2. The van der Waals surface area contributed by atoms with Gasteiger partial charge >= 0.3 is 6.18 Å². The molecule has 0 saturated carbocycles. The Morgan fingerprint density at radius 1 is 0.966 bits per heavy atom. The lowest BCUT2D eigenvalue weighted by Gasteiger charge is -2.17. The lowest BCUT2D eigenvalue weighted by molar-refractivity contribution is -0.141. The van der Waals surface area contributed by atoms with Crippen molar-refractivity contribution in [1.29, 1.82) is 0 Å². The van der Waals surface area contributed by atoms with Gasteiger partial charge in [0.1, 0.15) is 28.6 Å². The van der Waals surface area contributed by atoms with Crippen molar-refractivity contribution in [2.24, 2.45) is 0 Å². The maximum absolute atomic E-state index is 12.7. The number of alkyl halides is 3. The van der Waals surface area contributed by atoms with Crippen LogP contribution in [-0.2, 0) is 11.8 Å². The first-order chi connectivity index (χ1) is 13.5. The Hall–Kier alpha value is -3.20. The van der Waals surface area contributed by atoms with Crippen molar-refractivity contribution in [3.8, 4) is 11.5 Å². The van der Waals surface area contributed by atoms with E-state index in [1.807, 2.05) is 0 Å². The van der Waals surface area contributed by atoms with Crippen LogP contribution in [0.5, 0.6) is 11.5 Å². The van der Waals surface area contributed by atoms with Gasteiger partial charge in [-0.15, -0.1) is 0 Å². The summed E-state index contributed by atoms with van der Waals surface area (Å²) < 4.78 is 43.9. The quantitative estimate of drug-likeness (QED) is 0.626. The molecule has 0 saturated heterocycles. The maximum Gasteiger partial charge on any atom is 0.433 e. The summed E-state index contributed by atoms with van der Waals surface area (Å²) in [6, 6.07) is 8.70. The summed E-state index contributed by atoms with van der Waals surface area (Å²) in [5.74, 6) is 1.04. The molecule has 6 nitrogen and oxygen atoms in total. The van der Waals surface area contributed by atoms with Crippen LogP contribution >= 0.6 is 0 Å². The van der Waals surface area contributed by atoms with Gasteiger partial charge in [0.15, 0.2) is 0 Å². The van der Waals surface area contributed by atoms with Gasteiger partial charge in [-0.2, -0.15) is 13.2 Å². The molecule has 3 aromatic rings. The Balaban J connectivity index is 1.79. The number of anilines is 2. The van der Waals surface area contributed by atoms with E-state index in [-0.39, 0.29) is 11.4 Å². The van der Waals surface area contributed by atoms with Crippen molar-refractivity contribution in [3.05, 3.63) is 65.9 Å². The highest BCUT2D eigenvalue weighted by Crippen LogP contribution is 2.32. The lowest BCUT2D eigenvalue weighted by Crippen LogP contribution is -2.17. The van der Waals surface area contributed by atoms with Crippen molar-refractivity contribution in [1.82, 2.24) is 15.0 Å². The van der Waals surface area contributed by atoms with Crippen LogP contribution in [0.25, 0.3) is 0 Å². The summed E-state index contributed by atoms with van der Waals surface area (Å²) in [4.78, 5) is 11.9. The molecule has 0 aromatic carbocycles. The maximum atomic E-state index is 12.7. The highest BCUT2D eigenvalue weighted by Gasteiger charge is 2.32. The molecule has 0 aliphatic rings. The van der Waals surface area contributed by atoms with Crippen molar-refractivity contribution in [3.63, 3.8) is 0 Å². The summed E-state index contributed by atoms with van der Waals surface area (Å²) in [5.41, 5.74) is -0.797. The minimum atomic E-state index is -4.51. The zero-order chi connectivity index (χ0) is 21.2. The third-order valence-electron chi connectivity index (χ3n) is 3.95. The molecule has 0 spiro atoms. The number of halogens is 3. The number of pyridine rings is 3. The second-order valence-corrected chi connectivity index (χ2v) is 6.87. The number of aryl methyl sites for hydroxylation is 1. The first kappa shape index (κ1) is 20.5. The Labute approximate surface area is 165 Å². The van der Waals surface area contributed by atoms with Gasteiger partial charge in [0.05, 0.1) is 11.4 Å². The minimum Gasteiger partial charge on any atom is -0.455 e. The van der Waals surface area contributed by atoms with Gasteiger partial charge in [0.25, 0.3) is 0 Å². The van der Waals surface area contributed by atoms with E-state index in [1.165, 1.54) is 19.2 Å². The Morgan fingerprint density at radius 2 is 1.69 bits per heavy atom. The fourth-order valence-electron chi connectivity index (χ4n) is 2.47. The first-order valence-corrected chi connectivity index (χ1v) is 8.67. The summed E-state index contributed by atoms with van der Waals surface area (Å²) in [7, 11) is 0. The second kappa shape index (κ2) is 7.67. The molecule has 9 heteroatoms. The number of rotatable bonds is 5. The van der Waals surface area contributed by atoms with E-state index < -0.39 is 17.5 Å². The van der Waals surface area contributed by atoms with E-state index in [9.17, 15) is 18.3 Å². The zero-order valence-electron chi connectivity index (χ0n) is 15.9. The summed E-state index contributed by atoms with van der Waals surface area (Å²) >= 11 is 0. The van der Waals surface area contributed by atoms with Gasteiger partial charge in [-0.05, 0) is 51.1 Å². The van der Waals surface area contributed by atoms with Gasteiger partial charge < -0.3 is 15.2 Å². The smallest absolute Gasteiger partial charge is 0.433 e. The number of hydrogen-bond acceptors (Lipinski definition) is 6. The van der Waals surface area contributed by atoms with Crippen molar-refractivity contribution in [2.45, 2.75) is 32.5 Å². The number of hydrogen-bond donors (Lipinski definition) is 2. The number of aliphatic hydroxyl groups is 1. The Morgan fingerprint density at radius 3 is 2.34 bits per heavy atom. The van der Waals surface area contributed by atoms with Crippen molar-refractivity contribution in [2.75, 3.05) is 5.32 Å². The molecule has 3 heterocycles. The van der Waals surface area contributed by atoms with Crippen molar-refractivity contribution >= 4 is 11.5 Å². The standard InChI is InChI=1S/C20H19F3N4O2/c1-12-15(4-5-16(26-12)20(21,22)23)29-14-7-9-25-18(11-14)27-13-6-8-24-17(10-13)19(2,3)28/h4-11,28H,1-3H3,(H,24,25,27). The molecule has 0 aliphatic heterocycles. The average molecular weight is 404 g/mol. The van der Waals surface area contributed by atoms with Gasteiger partial charge in [0, 0.05) is 24.1 Å². The fraction of sp³-hybridized carbons (Fsp3) is 0.250. The fourth-order valence-corrected chi connectivity index (χ4v) is 2.47. The van der Waals surface area contributed by atoms with Gasteiger partial charge in [-0.25, -0.2) is 9.97 Å². The largest absolute Gasteiger partial charge is 0.455 e. The van der Waals surface area contributed by atoms with Crippen LogP contribution in [-0.4, -0.2) is 20.1 Å². The van der Waals surface area contributed by atoms with Crippen LogP contribution in [0, 0.1) is 6.92 Å². The molecule has 0 atom stereocenters. The number of aromatic nitrogens is 3. The summed E-state index contributed by atoms with van der Waals surface area (Å²) in [6.45, 7) is 4.71. The molecule has 3 aromatic heterocycles. The Kier molecular flexibility index (Phi) is 5.43. The molecule has 29 heavy (non-hydrogen) atoms. The SMILES string of the molecule is Cc1nc(C(F)(F)F)ccc1Oc1ccnc(Nc2ccnc(C(C)(C)O)c2)c1. The molecule has 0 radical (unpaired) electrons. The highest BCUT2D eigenvalue weighted by molar-refractivity contribution is 5.57. The molecule has 0 aliphatic carbocycles. The average Bonchev–Trinajstić information content (AvgIpc) is 2.62. The van der Waals surface area contributed by atoms with Gasteiger partial charge in [-0.3, -0.25) is 4.98 Å². The van der Waals surface area contributed by atoms with E-state index >= 15 is 0 Å². The number of nitrogens with one attached hydrogen (secondary N) is 1. The Bertz CT molecular complexity index is 1020. The van der Waals surface area contributed by atoms with Crippen LogP contribution in [0.1, 0.15) is 30.9 Å². The van der Waals surface area contributed by atoms with Crippen LogP contribution in [0.4, 0.5) is 24.7 Å². The molecule has 0 unspecified atom stereocenters. The van der Waals surface area contributed by atoms with Crippen LogP contribution < -0.4 is 10.1 Å². The summed E-state index contributed by atoms with van der Waals surface area (Å²) in [5, 5.41) is 13.2. The predicted octanol–water partition coefficient (Wildman–Crippen LogP) is 4.96. The first-order valence-electron chi connectivity index (χ1n) is 8.67. The molecule has 3 rings (SSSR count). The molecular weight excluding hydrogens is 385 g/mol. The van der Waals surface area contributed by atoms with E-state index in [0.717, 1.165) is 6.07 Å². The second-order valence-electron chi connectivity index (χ2n) is 6.87.